The minimum atomic E-state index is 0.0924. The summed E-state index contributed by atoms with van der Waals surface area (Å²) in [5, 5.41) is 0. The minimum Gasteiger partial charge on any atom is -0.333 e. The number of amides is 1. The number of imidazole rings is 1. The molecule has 0 aliphatic carbocycles. The standard InChI is InChI=1S/C21H23N5O/c27-21(26-11-10-24-8-7-18(26)14-24)17-12-19-20(22-13-17)25(15-23-19)9-6-16-4-2-1-3-5-16/h1-5,12-13,15,18H,6-11,14H2. The number of pyridine rings is 1. The number of rotatable bonds is 4. The van der Waals surface area contributed by atoms with E-state index in [1.165, 1.54) is 5.56 Å². The minimum absolute atomic E-state index is 0.0924. The molecule has 2 aromatic heterocycles. The maximum absolute atomic E-state index is 13.0. The van der Waals surface area contributed by atoms with E-state index in [9.17, 15) is 4.79 Å². The van der Waals surface area contributed by atoms with E-state index in [2.05, 4.69) is 43.7 Å². The number of aromatic nitrogens is 3. The van der Waals surface area contributed by atoms with E-state index in [0.29, 0.717) is 11.6 Å². The first-order chi connectivity index (χ1) is 13.3. The molecule has 6 heteroatoms. The molecule has 0 N–H and O–H groups in total. The van der Waals surface area contributed by atoms with Crippen molar-refractivity contribution in [2.24, 2.45) is 0 Å². The first-order valence-corrected chi connectivity index (χ1v) is 9.66. The summed E-state index contributed by atoms with van der Waals surface area (Å²) in [5.74, 6) is 0.0924. The second kappa shape index (κ2) is 6.78. The SMILES string of the molecule is O=C(c1cnc2c(c1)ncn2CCc1ccccc1)N1CCN2CCC1C2. The Morgan fingerprint density at radius 2 is 2.00 bits per heavy atom. The van der Waals surface area contributed by atoms with E-state index in [0.717, 1.165) is 56.7 Å². The molecule has 2 saturated heterocycles. The molecule has 27 heavy (non-hydrogen) atoms. The van der Waals surface area contributed by atoms with Crippen LogP contribution in [0.15, 0.2) is 48.9 Å². The molecular weight excluding hydrogens is 338 g/mol. The highest BCUT2D eigenvalue weighted by Crippen LogP contribution is 2.23. The van der Waals surface area contributed by atoms with Gasteiger partial charge in [0.25, 0.3) is 5.91 Å². The second-order valence-electron chi connectivity index (χ2n) is 7.48. The molecule has 4 heterocycles. The lowest BCUT2D eigenvalue weighted by Gasteiger charge is -2.34. The molecule has 2 atom stereocenters. The van der Waals surface area contributed by atoms with Crippen LogP contribution in [0, 0.1) is 0 Å². The zero-order valence-electron chi connectivity index (χ0n) is 15.3. The Bertz CT molecular complexity index is 967. The number of hydrogen-bond acceptors (Lipinski definition) is 4. The van der Waals surface area contributed by atoms with Crippen LogP contribution in [-0.4, -0.2) is 62.5 Å². The van der Waals surface area contributed by atoms with Crippen molar-refractivity contribution in [3.05, 3.63) is 60.0 Å². The zero-order chi connectivity index (χ0) is 18.2. The van der Waals surface area contributed by atoms with Gasteiger partial charge in [-0.3, -0.25) is 9.69 Å². The lowest BCUT2D eigenvalue weighted by molar-refractivity contribution is 0.0609. The number of aryl methyl sites for hydroxylation is 2. The quantitative estimate of drug-likeness (QED) is 0.715. The summed E-state index contributed by atoms with van der Waals surface area (Å²) < 4.78 is 2.06. The summed E-state index contributed by atoms with van der Waals surface area (Å²) in [6.07, 6.45) is 5.55. The molecule has 2 unspecified atom stereocenters. The summed E-state index contributed by atoms with van der Waals surface area (Å²) in [7, 11) is 0. The predicted molar refractivity (Wildman–Crippen MR) is 104 cm³/mol. The number of carbonyl (C=O) groups is 1. The van der Waals surface area contributed by atoms with Gasteiger partial charge in [-0.1, -0.05) is 30.3 Å². The highest BCUT2D eigenvalue weighted by atomic mass is 16.2. The van der Waals surface area contributed by atoms with Gasteiger partial charge in [-0.2, -0.15) is 0 Å². The van der Waals surface area contributed by atoms with Gasteiger partial charge in [-0.15, -0.1) is 0 Å². The van der Waals surface area contributed by atoms with Crippen molar-refractivity contribution < 1.29 is 4.79 Å². The van der Waals surface area contributed by atoms with Crippen LogP contribution < -0.4 is 0 Å². The van der Waals surface area contributed by atoms with Crippen LogP contribution in [0.5, 0.6) is 0 Å². The first-order valence-electron chi connectivity index (χ1n) is 9.66. The third kappa shape index (κ3) is 3.10. The molecule has 5 rings (SSSR count). The summed E-state index contributed by atoms with van der Waals surface area (Å²) in [5.41, 5.74) is 3.57. The normalized spacial score (nSPS) is 21.7. The maximum atomic E-state index is 13.0. The monoisotopic (exact) mass is 361 g/mol. The summed E-state index contributed by atoms with van der Waals surface area (Å²) in [6.45, 7) is 4.73. The van der Waals surface area contributed by atoms with E-state index < -0.39 is 0 Å². The van der Waals surface area contributed by atoms with Gasteiger partial charge in [0.1, 0.15) is 5.52 Å². The fourth-order valence-corrected chi connectivity index (χ4v) is 4.26. The van der Waals surface area contributed by atoms with Gasteiger partial charge in [-0.25, -0.2) is 9.97 Å². The summed E-state index contributed by atoms with van der Waals surface area (Å²) in [6, 6.07) is 12.7. The molecule has 0 spiro atoms. The molecule has 3 aromatic rings. The van der Waals surface area contributed by atoms with Crippen LogP contribution in [0.25, 0.3) is 11.2 Å². The molecule has 2 fully saturated rings. The van der Waals surface area contributed by atoms with Crippen LogP contribution in [-0.2, 0) is 13.0 Å². The highest BCUT2D eigenvalue weighted by molar-refractivity contribution is 5.96. The van der Waals surface area contributed by atoms with Crippen molar-refractivity contribution in [3.8, 4) is 0 Å². The average molecular weight is 361 g/mol. The Morgan fingerprint density at radius 3 is 2.89 bits per heavy atom. The number of piperazine rings is 1. The molecule has 0 saturated carbocycles. The van der Waals surface area contributed by atoms with Crippen LogP contribution in [0.2, 0.25) is 0 Å². The molecule has 138 valence electrons. The van der Waals surface area contributed by atoms with Crippen LogP contribution in [0.3, 0.4) is 0 Å². The number of nitrogens with zero attached hydrogens (tertiary/aromatic N) is 5. The van der Waals surface area contributed by atoms with Crippen LogP contribution in [0.4, 0.5) is 0 Å². The number of carbonyl (C=O) groups excluding carboxylic acids is 1. The first kappa shape index (κ1) is 16.4. The Labute approximate surface area is 158 Å². The van der Waals surface area contributed by atoms with Crippen LogP contribution in [0.1, 0.15) is 22.3 Å². The predicted octanol–water partition coefficient (Wildman–Crippen LogP) is 2.20. The van der Waals surface area contributed by atoms with Crippen LogP contribution >= 0.6 is 0 Å². The van der Waals surface area contributed by atoms with E-state index in [4.69, 9.17) is 0 Å². The lowest BCUT2D eigenvalue weighted by atomic mass is 10.1. The third-order valence-corrected chi connectivity index (χ3v) is 5.79. The number of fused-ring (bicyclic) bond motifs is 3. The van der Waals surface area contributed by atoms with Gasteiger partial charge in [0, 0.05) is 45.0 Å². The number of benzene rings is 1. The van der Waals surface area contributed by atoms with Gasteiger partial charge in [-0.05, 0) is 24.5 Å². The molecular formula is C21H23N5O. The molecule has 2 bridgehead atoms. The lowest BCUT2D eigenvalue weighted by Crippen LogP contribution is -2.49. The number of hydrogen-bond donors (Lipinski definition) is 0. The summed E-state index contributed by atoms with van der Waals surface area (Å²) >= 11 is 0. The van der Waals surface area contributed by atoms with E-state index in [1.54, 1.807) is 6.20 Å². The Morgan fingerprint density at radius 1 is 1.11 bits per heavy atom. The van der Waals surface area contributed by atoms with Crippen molar-refractivity contribution >= 4 is 17.1 Å². The fraction of sp³-hybridized carbons (Fsp3) is 0.381. The van der Waals surface area contributed by atoms with Gasteiger partial charge in [0.2, 0.25) is 0 Å². The smallest absolute Gasteiger partial charge is 0.255 e. The fourth-order valence-electron chi connectivity index (χ4n) is 4.26. The molecule has 2 aliphatic heterocycles. The average Bonchev–Trinajstić information content (AvgIpc) is 3.30. The van der Waals surface area contributed by atoms with Gasteiger partial charge in [0.05, 0.1) is 11.9 Å². The molecule has 0 radical (unpaired) electrons. The molecule has 1 aromatic carbocycles. The largest absolute Gasteiger partial charge is 0.333 e. The molecule has 6 nitrogen and oxygen atoms in total. The van der Waals surface area contributed by atoms with E-state index in [1.807, 2.05) is 23.4 Å². The molecule has 1 amide bonds. The Kier molecular flexibility index (Phi) is 4.13. The van der Waals surface area contributed by atoms with Crippen molar-refractivity contribution in [1.82, 2.24) is 24.3 Å². The van der Waals surface area contributed by atoms with E-state index in [-0.39, 0.29) is 5.91 Å². The molecule has 2 aliphatic rings. The topological polar surface area (TPSA) is 54.3 Å². The Balaban J connectivity index is 1.34. The highest BCUT2D eigenvalue weighted by Gasteiger charge is 2.35. The van der Waals surface area contributed by atoms with Crippen molar-refractivity contribution in [2.45, 2.75) is 25.4 Å². The van der Waals surface area contributed by atoms with Crippen molar-refractivity contribution in [2.75, 3.05) is 26.2 Å². The van der Waals surface area contributed by atoms with E-state index >= 15 is 0 Å². The maximum Gasteiger partial charge on any atom is 0.255 e. The zero-order valence-corrected chi connectivity index (χ0v) is 15.3. The summed E-state index contributed by atoms with van der Waals surface area (Å²) in [4.78, 5) is 26.5. The van der Waals surface area contributed by atoms with Gasteiger partial charge >= 0.3 is 0 Å². The van der Waals surface area contributed by atoms with Gasteiger partial charge in [0.15, 0.2) is 5.65 Å². The van der Waals surface area contributed by atoms with Crippen molar-refractivity contribution in [1.29, 1.82) is 0 Å². The second-order valence-corrected chi connectivity index (χ2v) is 7.48. The van der Waals surface area contributed by atoms with Gasteiger partial charge < -0.3 is 9.47 Å². The van der Waals surface area contributed by atoms with Crippen molar-refractivity contribution in [3.63, 3.8) is 0 Å². The third-order valence-electron chi connectivity index (χ3n) is 5.79. The Hall–Kier alpha value is -2.73.